The molecule has 0 aliphatic rings. The van der Waals surface area contributed by atoms with Crippen molar-refractivity contribution in [3.05, 3.63) is 188 Å². The van der Waals surface area contributed by atoms with Crippen LogP contribution in [0.4, 0.5) is 0 Å². The maximum atomic E-state index is 5.43. The molecule has 0 spiro atoms. The first kappa shape index (κ1) is 29.6. The van der Waals surface area contributed by atoms with E-state index in [0.29, 0.717) is 5.82 Å². The van der Waals surface area contributed by atoms with E-state index in [9.17, 15) is 0 Å². The van der Waals surface area contributed by atoms with Crippen molar-refractivity contribution in [3.8, 4) is 39.5 Å². The third kappa shape index (κ3) is 4.82. The molecular weight excluding hydrogens is 643 g/mol. The fraction of sp³-hybridized carbons (Fsp3) is 0. The van der Waals surface area contributed by atoms with Crippen LogP contribution in [0.3, 0.4) is 0 Å². The minimum absolute atomic E-state index is 0.698. The van der Waals surface area contributed by atoms with E-state index < -0.39 is 0 Å². The van der Waals surface area contributed by atoms with Gasteiger partial charge in [-0.2, -0.15) is 0 Å². The van der Waals surface area contributed by atoms with Crippen molar-refractivity contribution in [2.45, 2.75) is 0 Å². The van der Waals surface area contributed by atoms with Crippen LogP contribution < -0.4 is 0 Å². The van der Waals surface area contributed by atoms with Crippen LogP contribution in [0.15, 0.2) is 188 Å². The normalized spacial score (nSPS) is 11.8. The van der Waals surface area contributed by atoms with E-state index in [1.807, 2.05) is 0 Å². The van der Waals surface area contributed by atoms with Crippen LogP contribution in [0, 0.1) is 0 Å². The monoisotopic (exact) mass is 673 g/mol. The molecule has 3 heteroatoms. The van der Waals surface area contributed by atoms with Crippen LogP contribution in [-0.2, 0) is 0 Å². The van der Waals surface area contributed by atoms with Gasteiger partial charge in [0.2, 0.25) is 0 Å². The van der Waals surface area contributed by atoms with Gasteiger partial charge >= 0.3 is 0 Å². The van der Waals surface area contributed by atoms with Crippen LogP contribution in [-0.4, -0.2) is 14.5 Å². The number of hydrogen-bond donors (Lipinski definition) is 0. The van der Waals surface area contributed by atoms with Crippen molar-refractivity contribution in [1.29, 1.82) is 0 Å². The highest BCUT2D eigenvalue weighted by Gasteiger charge is 2.19. The van der Waals surface area contributed by atoms with Gasteiger partial charge in [-0.1, -0.05) is 140 Å². The van der Waals surface area contributed by atoms with Gasteiger partial charge in [0.1, 0.15) is 0 Å². The third-order valence-corrected chi connectivity index (χ3v) is 10.7. The quantitative estimate of drug-likeness (QED) is 0.186. The number of para-hydroxylation sites is 1. The topological polar surface area (TPSA) is 30.7 Å². The number of hydrogen-bond acceptors (Lipinski definition) is 2. The van der Waals surface area contributed by atoms with Gasteiger partial charge in [-0.05, 0) is 86.6 Å². The zero-order valence-electron chi connectivity index (χ0n) is 28.7. The Morgan fingerprint density at radius 1 is 0.321 bits per heavy atom. The van der Waals surface area contributed by atoms with Gasteiger partial charge in [-0.25, -0.2) is 9.97 Å². The first-order chi connectivity index (χ1) is 26.2. The first-order valence-electron chi connectivity index (χ1n) is 18.1. The molecule has 0 N–H and O–H groups in total. The molecule has 0 saturated heterocycles. The lowest BCUT2D eigenvalue weighted by molar-refractivity contribution is 1.19. The number of benzene rings is 9. The summed E-state index contributed by atoms with van der Waals surface area (Å²) in [5.74, 6) is 0.698. The zero-order valence-corrected chi connectivity index (χ0v) is 28.7. The predicted octanol–water partition coefficient (Wildman–Crippen LogP) is 13.2. The lowest BCUT2D eigenvalue weighted by atomic mass is 9.98. The lowest BCUT2D eigenvalue weighted by Gasteiger charge is -2.16. The Kier molecular flexibility index (Phi) is 6.55. The van der Waals surface area contributed by atoms with Crippen molar-refractivity contribution in [3.63, 3.8) is 0 Å². The summed E-state index contributed by atoms with van der Waals surface area (Å²) in [5, 5.41) is 10.7. The van der Waals surface area contributed by atoms with E-state index in [1.54, 1.807) is 0 Å². The van der Waals surface area contributed by atoms with Crippen LogP contribution in [0.25, 0.3) is 104 Å². The molecule has 3 nitrogen and oxygen atoms in total. The summed E-state index contributed by atoms with van der Waals surface area (Å²) in [7, 11) is 0. The highest BCUT2D eigenvalue weighted by atomic mass is 15.0. The van der Waals surface area contributed by atoms with Crippen LogP contribution in [0.5, 0.6) is 0 Å². The Hall–Kier alpha value is -7.10. The maximum Gasteiger partial charge on any atom is 0.160 e. The van der Waals surface area contributed by atoms with Gasteiger partial charge in [0.25, 0.3) is 0 Å². The molecule has 0 atom stereocenters. The molecule has 2 heterocycles. The second-order valence-corrected chi connectivity index (χ2v) is 13.8. The van der Waals surface area contributed by atoms with E-state index in [-0.39, 0.29) is 0 Å². The van der Waals surface area contributed by atoms with Crippen LogP contribution >= 0.6 is 0 Å². The van der Waals surface area contributed by atoms with Crippen molar-refractivity contribution in [2.75, 3.05) is 0 Å². The highest BCUT2D eigenvalue weighted by Crippen LogP contribution is 2.40. The predicted molar refractivity (Wildman–Crippen MR) is 223 cm³/mol. The molecule has 0 unspecified atom stereocenters. The van der Waals surface area contributed by atoms with E-state index >= 15 is 0 Å². The summed E-state index contributed by atoms with van der Waals surface area (Å²) in [5.41, 5.74) is 9.62. The van der Waals surface area contributed by atoms with E-state index in [2.05, 4.69) is 193 Å². The lowest BCUT2D eigenvalue weighted by Crippen LogP contribution is -1.99. The summed E-state index contributed by atoms with van der Waals surface area (Å²) < 4.78 is 2.43. The molecule has 246 valence electrons. The van der Waals surface area contributed by atoms with E-state index in [0.717, 1.165) is 49.9 Å². The number of aromatic nitrogens is 3. The molecule has 11 rings (SSSR count). The highest BCUT2D eigenvalue weighted by molar-refractivity contribution is 6.14. The first-order valence-corrected chi connectivity index (χ1v) is 18.1. The molecule has 53 heavy (non-hydrogen) atoms. The smallest absolute Gasteiger partial charge is 0.160 e. The molecule has 0 fully saturated rings. The largest absolute Gasteiger partial charge is 0.309 e. The molecular formula is C50H31N3. The molecule has 9 aromatic carbocycles. The standard InChI is InChI=1S/C50H31N3/c1-2-12-32(13-3-1)37-24-25-43-45(29-37)51-50(52-49(43)39-23-22-33-14-4-5-15-34(33)26-39)40-27-38-18-8-9-19-41(38)47(31-40)53-46-21-11-10-20-42(46)44-28-35-16-6-7-17-36(35)30-48(44)53/h1-31H. The SMILES string of the molecule is c1ccc(-c2ccc3c(-c4ccc5ccccc5c4)nc(-c4cc(-n5c6ccccc6c6cc7ccccc7cc65)c5ccccc5c4)nc3c2)cc1. The van der Waals surface area contributed by atoms with Gasteiger partial charge in [-0.15, -0.1) is 0 Å². The summed E-state index contributed by atoms with van der Waals surface area (Å²) in [6, 6.07) is 67.5. The fourth-order valence-electron chi connectivity index (χ4n) is 8.14. The van der Waals surface area contributed by atoms with Crippen LogP contribution in [0.2, 0.25) is 0 Å². The van der Waals surface area contributed by atoms with Gasteiger partial charge < -0.3 is 4.57 Å². The molecule has 2 aromatic heterocycles. The average molecular weight is 674 g/mol. The molecule has 0 amide bonds. The zero-order chi connectivity index (χ0) is 34.9. The molecule has 0 saturated carbocycles. The summed E-state index contributed by atoms with van der Waals surface area (Å²) in [6.45, 7) is 0. The Labute approximate surface area is 306 Å². The second kappa shape index (κ2) is 11.7. The maximum absolute atomic E-state index is 5.43. The van der Waals surface area contributed by atoms with Crippen LogP contribution in [0.1, 0.15) is 0 Å². The third-order valence-electron chi connectivity index (χ3n) is 10.7. The van der Waals surface area contributed by atoms with Gasteiger partial charge in [0, 0.05) is 32.7 Å². The number of nitrogens with zero attached hydrogens (tertiary/aromatic N) is 3. The van der Waals surface area contributed by atoms with E-state index in [4.69, 9.17) is 9.97 Å². The minimum Gasteiger partial charge on any atom is -0.309 e. The average Bonchev–Trinajstić information content (AvgIpc) is 3.54. The Bertz CT molecular complexity index is 3230. The fourth-order valence-corrected chi connectivity index (χ4v) is 8.14. The number of fused-ring (bicyclic) bond motifs is 7. The molecule has 11 aromatic rings. The molecule has 0 aliphatic carbocycles. The van der Waals surface area contributed by atoms with Crippen molar-refractivity contribution in [2.24, 2.45) is 0 Å². The summed E-state index contributed by atoms with van der Waals surface area (Å²) in [6.07, 6.45) is 0. The molecule has 0 aliphatic heterocycles. The molecule has 0 bridgehead atoms. The summed E-state index contributed by atoms with van der Waals surface area (Å²) >= 11 is 0. The van der Waals surface area contributed by atoms with Gasteiger partial charge in [0.15, 0.2) is 5.82 Å². The Morgan fingerprint density at radius 3 is 1.79 bits per heavy atom. The van der Waals surface area contributed by atoms with Gasteiger partial charge in [0.05, 0.1) is 27.9 Å². The van der Waals surface area contributed by atoms with Crippen molar-refractivity contribution >= 4 is 65.0 Å². The summed E-state index contributed by atoms with van der Waals surface area (Å²) in [4.78, 5) is 10.8. The van der Waals surface area contributed by atoms with Gasteiger partial charge in [-0.3, -0.25) is 0 Å². The second-order valence-electron chi connectivity index (χ2n) is 13.8. The molecule has 0 radical (unpaired) electrons. The Morgan fingerprint density at radius 2 is 0.962 bits per heavy atom. The van der Waals surface area contributed by atoms with Crippen molar-refractivity contribution in [1.82, 2.24) is 14.5 Å². The minimum atomic E-state index is 0.698. The van der Waals surface area contributed by atoms with Crippen molar-refractivity contribution < 1.29 is 0 Å². The number of rotatable bonds is 4. The van der Waals surface area contributed by atoms with E-state index in [1.165, 1.54) is 48.7 Å². The Balaban J connectivity index is 1.20.